The fourth-order valence-corrected chi connectivity index (χ4v) is 0.671. The smallest absolute Gasteiger partial charge is 0.324 e. The van der Waals surface area contributed by atoms with E-state index in [1.54, 1.807) is 13.8 Å². The van der Waals surface area contributed by atoms with Crippen molar-refractivity contribution in [2.75, 3.05) is 12.3 Å². The summed E-state index contributed by atoms with van der Waals surface area (Å²) in [6, 6.07) is 0. The van der Waals surface area contributed by atoms with Gasteiger partial charge < -0.3 is 9.79 Å². The molecule has 0 aromatic heterocycles. The maximum Gasteiger partial charge on any atom is 0.324 e. The Morgan fingerprint density at radius 2 is 1.55 bits per heavy atom. The minimum absolute atomic E-state index is 0. The molecule has 7 heteroatoms. The predicted octanol–water partition coefficient (Wildman–Crippen LogP) is 1.48. The molecule has 0 aliphatic rings. The molecule has 0 spiro atoms. The van der Waals surface area contributed by atoms with Crippen molar-refractivity contribution in [3.05, 3.63) is 0 Å². The van der Waals surface area contributed by atoms with E-state index in [1.807, 2.05) is 0 Å². The van der Waals surface area contributed by atoms with Crippen LogP contribution in [-0.2, 0) is 9.13 Å². The van der Waals surface area contributed by atoms with Crippen molar-refractivity contribution >= 4 is 16.1 Å². The zero-order chi connectivity index (χ0) is 8.62. The quantitative estimate of drug-likeness (QED) is 0.754. The summed E-state index contributed by atoms with van der Waals surface area (Å²) in [5, 5.41) is 0. The average Bonchev–Trinajstić information content (AvgIpc) is 1.90. The second kappa shape index (κ2) is 11.6. The van der Waals surface area contributed by atoms with Gasteiger partial charge in [-0.05, 0) is 0 Å². The molecule has 0 aliphatic carbocycles. The van der Waals surface area contributed by atoms with E-state index >= 15 is 0 Å². The maximum atomic E-state index is 10.5. The maximum absolute atomic E-state index is 10.5. The summed E-state index contributed by atoms with van der Waals surface area (Å²) < 4.78 is 19.0. The SMILES string of the molecule is CCP(=O)(O)CC.O=PO.[Ce]. The van der Waals surface area contributed by atoms with Gasteiger partial charge in [0, 0.05) is 54.1 Å². The number of rotatable bonds is 2. The van der Waals surface area contributed by atoms with Crippen LogP contribution < -0.4 is 0 Å². The molecule has 0 saturated heterocycles. The molecular weight excluding hydrogens is 314 g/mol. The molecule has 0 aliphatic heterocycles. The van der Waals surface area contributed by atoms with Gasteiger partial charge in [-0.2, -0.15) is 0 Å². The van der Waals surface area contributed by atoms with Crippen molar-refractivity contribution in [1.29, 1.82) is 0 Å². The molecule has 0 rings (SSSR count). The molecule has 0 fully saturated rings. The first-order chi connectivity index (χ1) is 4.54. The first-order valence-corrected chi connectivity index (χ1v) is 5.61. The summed E-state index contributed by atoms with van der Waals surface area (Å²) in [7, 11) is -3.49. The Morgan fingerprint density at radius 3 is 1.55 bits per heavy atom. The Balaban J connectivity index is -0.000000140. The Hall–Kier alpha value is 1.63. The fourth-order valence-electron chi connectivity index (χ4n) is 0.224. The third-order valence-corrected chi connectivity index (χ3v) is 2.96. The van der Waals surface area contributed by atoms with Crippen molar-refractivity contribution in [2.45, 2.75) is 13.8 Å². The topological polar surface area (TPSA) is 74.6 Å². The van der Waals surface area contributed by atoms with Gasteiger partial charge in [0.15, 0.2) is 7.37 Å². The van der Waals surface area contributed by atoms with Gasteiger partial charge in [-0.25, -0.2) is 4.57 Å². The predicted molar refractivity (Wildman–Crippen MR) is 40.7 cm³/mol. The van der Waals surface area contributed by atoms with E-state index in [9.17, 15) is 4.57 Å². The van der Waals surface area contributed by atoms with Gasteiger partial charge in [-0.15, -0.1) is 0 Å². The monoisotopic (exact) mass is 326 g/mol. The summed E-state index contributed by atoms with van der Waals surface area (Å²) in [6.07, 6.45) is 0.812. The van der Waals surface area contributed by atoms with E-state index in [4.69, 9.17) is 14.4 Å². The van der Waals surface area contributed by atoms with Gasteiger partial charge in [-0.1, -0.05) is 13.8 Å². The molecule has 0 unspecified atom stereocenters. The summed E-state index contributed by atoms with van der Waals surface area (Å²) in [4.78, 5) is 15.7. The van der Waals surface area contributed by atoms with E-state index in [1.165, 1.54) is 0 Å². The van der Waals surface area contributed by atoms with Crippen molar-refractivity contribution in [3.63, 3.8) is 0 Å². The Morgan fingerprint density at radius 1 is 1.36 bits per heavy atom. The molecule has 4 nitrogen and oxygen atoms in total. The normalized spacial score (nSPS) is 9.45. The van der Waals surface area contributed by atoms with Crippen LogP contribution in [0.4, 0.5) is 0 Å². The third kappa shape index (κ3) is 18.5. The van der Waals surface area contributed by atoms with Crippen LogP contribution in [0.25, 0.3) is 0 Å². The molecule has 11 heavy (non-hydrogen) atoms. The third-order valence-electron chi connectivity index (χ3n) is 0.988. The zero-order valence-corrected chi connectivity index (χ0v) is 11.4. The van der Waals surface area contributed by atoms with Crippen molar-refractivity contribution in [2.24, 2.45) is 0 Å². The number of hydrogen-bond acceptors (Lipinski definition) is 2. The minimum atomic E-state index is -2.65. The largest absolute Gasteiger partial charge is 0.344 e. The van der Waals surface area contributed by atoms with Gasteiger partial charge in [-0.3, -0.25) is 4.57 Å². The summed E-state index contributed by atoms with van der Waals surface area (Å²) in [6.45, 7) is 3.45. The van der Waals surface area contributed by atoms with Gasteiger partial charge in [0.05, 0.1) is 0 Å². The summed E-state index contributed by atoms with van der Waals surface area (Å²) >= 11 is 0. The Bertz CT molecular complexity index is 121. The fraction of sp³-hybridized carbons (Fsp3) is 1.00. The van der Waals surface area contributed by atoms with E-state index < -0.39 is 16.1 Å². The van der Waals surface area contributed by atoms with Crippen molar-refractivity contribution in [3.8, 4) is 0 Å². The molecule has 66 valence electrons. The summed E-state index contributed by atoms with van der Waals surface area (Å²) in [5.41, 5.74) is 0. The van der Waals surface area contributed by atoms with Crippen molar-refractivity contribution < 1.29 is 60.7 Å². The van der Waals surface area contributed by atoms with E-state index in [0.29, 0.717) is 12.3 Å². The first-order valence-electron chi connectivity index (χ1n) is 2.81. The average molecular weight is 326 g/mol. The van der Waals surface area contributed by atoms with Crippen molar-refractivity contribution in [1.82, 2.24) is 0 Å². The van der Waals surface area contributed by atoms with Crippen LogP contribution in [0, 0.1) is 41.7 Å². The molecule has 0 aromatic rings. The molecule has 0 atom stereocenters. The van der Waals surface area contributed by atoms with E-state index in [-0.39, 0.29) is 41.7 Å². The molecule has 0 radical (unpaired) electrons. The van der Waals surface area contributed by atoms with Crippen LogP contribution in [-0.4, -0.2) is 22.1 Å². The molecule has 0 amide bonds. The molecular formula is C4H12CeO4P2. The van der Waals surface area contributed by atoms with Gasteiger partial charge in [0.25, 0.3) is 0 Å². The van der Waals surface area contributed by atoms with Crippen LogP contribution in [0.2, 0.25) is 0 Å². The second-order valence-corrected chi connectivity index (χ2v) is 4.68. The van der Waals surface area contributed by atoms with Crippen LogP contribution in [0.5, 0.6) is 0 Å². The van der Waals surface area contributed by atoms with Gasteiger partial charge >= 0.3 is 8.69 Å². The Labute approximate surface area is 102 Å². The van der Waals surface area contributed by atoms with Crippen LogP contribution in [0.1, 0.15) is 13.8 Å². The molecule has 0 bridgehead atoms. The Kier molecular flexibility index (Phi) is 19.5. The second-order valence-electron chi connectivity index (χ2n) is 1.56. The molecule has 0 aromatic carbocycles. The standard InChI is InChI=1S/C4H11O2P.Ce.HO2P/c1-3-7(5,6)4-2;;1-3-2/h3-4H2,1-2H3,(H,5,6);;(H,1,2). The molecule has 0 heterocycles. The van der Waals surface area contributed by atoms with E-state index in [0.717, 1.165) is 0 Å². The van der Waals surface area contributed by atoms with Crippen LogP contribution in [0.3, 0.4) is 0 Å². The van der Waals surface area contributed by atoms with Crippen LogP contribution in [0.15, 0.2) is 0 Å². The minimum Gasteiger partial charge on any atom is -0.344 e. The van der Waals surface area contributed by atoms with Crippen LogP contribution >= 0.6 is 16.1 Å². The molecule has 0 saturated carbocycles. The van der Waals surface area contributed by atoms with E-state index in [2.05, 4.69) is 0 Å². The van der Waals surface area contributed by atoms with Gasteiger partial charge in [0.1, 0.15) is 0 Å². The molecule has 2 N–H and O–H groups in total. The summed E-state index contributed by atoms with van der Waals surface area (Å²) in [5.74, 6) is 0. The van der Waals surface area contributed by atoms with Gasteiger partial charge in [0.2, 0.25) is 0 Å². The number of hydrogen-bond donors (Lipinski definition) is 2. The first kappa shape index (κ1) is 18.4. The zero-order valence-electron chi connectivity index (χ0n) is 6.52.